The first kappa shape index (κ1) is 15.3. The third kappa shape index (κ3) is 3.71. The van der Waals surface area contributed by atoms with Gasteiger partial charge in [-0.1, -0.05) is 12.1 Å². The van der Waals surface area contributed by atoms with E-state index in [4.69, 9.17) is 5.11 Å². The number of aromatic carboxylic acids is 1. The van der Waals surface area contributed by atoms with E-state index in [2.05, 4.69) is 29.5 Å². The molecule has 2 unspecified atom stereocenters. The van der Waals surface area contributed by atoms with Gasteiger partial charge in [0.25, 0.3) is 0 Å². The lowest BCUT2D eigenvalue weighted by Gasteiger charge is -2.37. The number of amides is 2. The summed E-state index contributed by atoms with van der Waals surface area (Å²) in [6, 6.07) is 0.163. The number of carboxylic acids is 1. The molecule has 0 bridgehead atoms. The highest BCUT2D eigenvalue weighted by atomic mass is 16.4. The molecule has 8 nitrogen and oxygen atoms in total. The Morgan fingerprint density at radius 2 is 2.24 bits per heavy atom. The molecule has 0 radical (unpaired) electrons. The molecule has 116 valence electrons. The number of carbonyl (C=O) groups is 2. The molecule has 0 saturated carbocycles. The van der Waals surface area contributed by atoms with E-state index in [9.17, 15) is 9.59 Å². The molecular formula is C13H21N5O3. The number of piperidine rings is 1. The number of likely N-dealkylation sites (tertiary alicyclic amines) is 1. The predicted octanol–water partition coefficient (Wildman–Crippen LogP) is 0.806. The molecule has 2 rings (SSSR count). The van der Waals surface area contributed by atoms with Gasteiger partial charge in [-0.2, -0.15) is 0 Å². The highest BCUT2D eigenvalue weighted by Crippen LogP contribution is 2.22. The van der Waals surface area contributed by atoms with Crippen LogP contribution in [0.2, 0.25) is 0 Å². The van der Waals surface area contributed by atoms with Crippen molar-refractivity contribution in [3.63, 3.8) is 0 Å². The Balaban J connectivity index is 1.79. The molecule has 2 heterocycles. The second-order valence-corrected chi connectivity index (χ2v) is 5.46. The smallest absolute Gasteiger partial charge is 0.358 e. The lowest BCUT2D eigenvalue weighted by Crippen LogP contribution is -2.50. The number of nitrogens with zero attached hydrogens (tertiary/aromatic N) is 4. The van der Waals surface area contributed by atoms with Crippen molar-refractivity contribution in [2.45, 2.75) is 39.3 Å². The fraction of sp³-hybridized carbons (Fsp3) is 0.692. The Morgan fingerprint density at radius 3 is 2.90 bits per heavy atom. The molecule has 21 heavy (non-hydrogen) atoms. The first-order valence-electron chi connectivity index (χ1n) is 7.17. The van der Waals surface area contributed by atoms with Crippen molar-refractivity contribution in [2.75, 3.05) is 13.1 Å². The zero-order valence-electron chi connectivity index (χ0n) is 12.3. The highest BCUT2D eigenvalue weighted by Gasteiger charge is 2.27. The highest BCUT2D eigenvalue weighted by molar-refractivity contribution is 5.84. The number of rotatable bonds is 4. The van der Waals surface area contributed by atoms with E-state index < -0.39 is 5.97 Å². The number of carboxylic acid groups (broad SMARTS) is 1. The molecule has 1 aliphatic heterocycles. The Bertz CT molecular complexity index is 516. The van der Waals surface area contributed by atoms with Crippen LogP contribution in [0.25, 0.3) is 0 Å². The van der Waals surface area contributed by atoms with Crippen molar-refractivity contribution in [1.29, 1.82) is 0 Å². The standard InChI is InChI=1S/C13H21N5O3/c1-9-4-3-6-18(10(9)2)13(21)14-5-7-17-8-11(12(19)20)15-16-17/h8-10H,3-7H2,1-2H3,(H,14,21)(H,19,20). The summed E-state index contributed by atoms with van der Waals surface area (Å²) in [5, 5.41) is 18.8. The topological polar surface area (TPSA) is 100 Å². The van der Waals surface area contributed by atoms with Gasteiger partial charge in [-0.3, -0.25) is 0 Å². The number of carbonyl (C=O) groups excluding carboxylic acids is 1. The van der Waals surface area contributed by atoms with Crippen LogP contribution in [0, 0.1) is 5.92 Å². The van der Waals surface area contributed by atoms with Gasteiger partial charge < -0.3 is 15.3 Å². The quantitative estimate of drug-likeness (QED) is 0.856. The molecule has 1 fully saturated rings. The number of hydrogen-bond donors (Lipinski definition) is 2. The van der Waals surface area contributed by atoms with Crippen molar-refractivity contribution in [1.82, 2.24) is 25.2 Å². The van der Waals surface area contributed by atoms with E-state index in [-0.39, 0.29) is 17.8 Å². The molecule has 0 aliphatic carbocycles. The van der Waals surface area contributed by atoms with Crippen LogP contribution in [0.4, 0.5) is 4.79 Å². The van der Waals surface area contributed by atoms with E-state index in [1.165, 1.54) is 10.9 Å². The van der Waals surface area contributed by atoms with Gasteiger partial charge in [0, 0.05) is 19.1 Å². The van der Waals surface area contributed by atoms with Crippen LogP contribution >= 0.6 is 0 Å². The van der Waals surface area contributed by atoms with Crippen LogP contribution < -0.4 is 5.32 Å². The Hall–Kier alpha value is -2.12. The molecule has 2 amide bonds. The third-order valence-electron chi connectivity index (χ3n) is 4.01. The van der Waals surface area contributed by atoms with Gasteiger partial charge in [0.2, 0.25) is 0 Å². The molecule has 0 spiro atoms. The van der Waals surface area contributed by atoms with Gasteiger partial charge in [0.05, 0.1) is 12.7 Å². The summed E-state index contributed by atoms with van der Waals surface area (Å²) in [4.78, 5) is 24.7. The zero-order chi connectivity index (χ0) is 15.4. The van der Waals surface area contributed by atoms with E-state index in [0.29, 0.717) is 19.0 Å². The summed E-state index contributed by atoms with van der Waals surface area (Å²) in [6.07, 6.45) is 3.53. The van der Waals surface area contributed by atoms with Crippen LogP contribution in [0.1, 0.15) is 37.2 Å². The molecule has 0 aromatic carbocycles. The van der Waals surface area contributed by atoms with Crippen molar-refractivity contribution in [2.24, 2.45) is 5.92 Å². The molecule has 2 atom stereocenters. The second kappa shape index (κ2) is 6.55. The van der Waals surface area contributed by atoms with Crippen molar-refractivity contribution < 1.29 is 14.7 Å². The van der Waals surface area contributed by atoms with E-state index in [1.54, 1.807) is 0 Å². The number of hydrogen-bond acceptors (Lipinski definition) is 4. The van der Waals surface area contributed by atoms with Gasteiger partial charge >= 0.3 is 12.0 Å². The maximum Gasteiger partial charge on any atom is 0.358 e. The minimum absolute atomic E-state index is 0.0763. The molecular weight excluding hydrogens is 274 g/mol. The average molecular weight is 295 g/mol. The largest absolute Gasteiger partial charge is 0.476 e. The fourth-order valence-corrected chi connectivity index (χ4v) is 2.51. The van der Waals surface area contributed by atoms with Gasteiger partial charge in [0.1, 0.15) is 0 Å². The minimum atomic E-state index is -1.11. The summed E-state index contributed by atoms with van der Waals surface area (Å²) in [6.45, 7) is 5.79. The molecule has 2 N–H and O–H groups in total. The number of nitrogens with one attached hydrogen (secondary N) is 1. The molecule has 1 saturated heterocycles. The third-order valence-corrected chi connectivity index (χ3v) is 4.01. The summed E-state index contributed by atoms with van der Waals surface area (Å²) in [5.41, 5.74) is -0.0974. The Kier molecular flexibility index (Phi) is 4.77. The summed E-state index contributed by atoms with van der Waals surface area (Å²) >= 11 is 0. The van der Waals surface area contributed by atoms with Crippen LogP contribution in [0.3, 0.4) is 0 Å². The Labute approximate surface area is 123 Å². The second-order valence-electron chi connectivity index (χ2n) is 5.46. The van der Waals surface area contributed by atoms with Gasteiger partial charge in [-0.25, -0.2) is 14.3 Å². The van der Waals surface area contributed by atoms with Gasteiger partial charge in [-0.15, -0.1) is 5.10 Å². The summed E-state index contributed by atoms with van der Waals surface area (Å²) in [7, 11) is 0. The maximum absolute atomic E-state index is 12.1. The first-order valence-corrected chi connectivity index (χ1v) is 7.17. The Morgan fingerprint density at radius 1 is 1.48 bits per heavy atom. The van der Waals surface area contributed by atoms with E-state index >= 15 is 0 Å². The maximum atomic E-state index is 12.1. The molecule has 1 aromatic heterocycles. The lowest BCUT2D eigenvalue weighted by atomic mass is 9.92. The van der Waals surface area contributed by atoms with Crippen LogP contribution in [0.5, 0.6) is 0 Å². The van der Waals surface area contributed by atoms with Gasteiger partial charge in [0.15, 0.2) is 5.69 Å². The molecule has 1 aliphatic rings. The monoisotopic (exact) mass is 295 g/mol. The summed E-state index contributed by atoms with van der Waals surface area (Å²) in [5.74, 6) is -0.598. The normalized spacial score (nSPS) is 22.1. The number of aromatic nitrogens is 3. The molecule has 1 aromatic rings. The number of urea groups is 1. The van der Waals surface area contributed by atoms with Crippen molar-refractivity contribution in [3.05, 3.63) is 11.9 Å². The lowest BCUT2D eigenvalue weighted by molar-refractivity contribution is 0.0690. The minimum Gasteiger partial charge on any atom is -0.476 e. The summed E-state index contributed by atoms with van der Waals surface area (Å²) < 4.78 is 1.41. The van der Waals surface area contributed by atoms with Crippen LogP contribution in [-0.4, -0.2) is 56.1 Å². The zero-order valence-corrected chi connectivity index (χ0v) is 12.3. The fourth-order valence-electron chi connectivity index (χ4n) is 2.51. The van der Waals surface area contributed by atoms with E-state index in [1.807, 2.05) is 4.90 Å². The van der Waals surface area contributed by atoms with Crippen molar-refractivity contribution >= 4 is 12.0 Å². The van der Waals surface area contributed by atoms with E-state index in [0.717, 1.165) is 19.4 Å². The van der Waals surface area contributed by atoms with Crippen molar-refractivity contribution in [3.8, 4) is 0 Å². The SMILES string of the molecule is CC1CCCN(C(=O)NCCn2cc(C(=O)O)nn2)C1C. The molecule has 8 heteroatoms. The van der Waals surface area contributed by atoms with Crippen LogP contribution in [0.15, 0.2) is 6.20 Å². The van der Waals surface area contributed by atoms with Gasteiger partial charge in [-0.05, 0) is 25.7 Å². The average Bonchev–Trinajstić information content (AvgIpc) is 2.91. The predicted molar refractivity (Wildman–Crippen MR) is 74.9 cm³/mol. The van der Waals surface area contributed by atoms with Crippen LogP contribution in [-0.2, 0) is 6.54 Å². The first-order chi connectivity index (χ1) is 9.99.